The van der Waals surface area contributed by atoms with E-state index >= 15 is 0 Å². The average molecular weight is 377 g/mol. The molecule has 3 rings (SSSR count). The summed E-state index contributed by atoms with van der Waals surface area (Å²) >= 11 is 2.50. The topological polar surface area (TPSA) is 104 Å². The largest absolute Gasteiger partial charge is 0.344 e. The first-order valence-corrected chi connectivity index (χ1v) is 9.34. The Labute approximate surface area is 152 Å². The molecule has 1 atom stereocenters. The molecule has 0 aliphatic carbocycles. The molecule has 1 saturated heterocycles. The van der Waals surface area contributed by atoms with E-state index in [1.807, 2.05) is 13.0 Å². The Bertz CT molecular complexity index is 784. The maximum Gasteiger partial charge on any atom is 0.344 e. The van der Waals surface area contributed by atoms with E-state index in [1.165, 1.54) is 23.1 Å². The van der Waals surface area contributed by atoms with Crippen molar-refractivity contribution in [3.63, 3.8) is 0 Å². The molecule has 0 spiro atoms. The number of hydrazine groups is 1. The van der Waals surface area contributed by atoms with Crippen LogP contribution in [0.1, 0.15) is 18.9 Å². The van der Waals surface area contributed by atoms with Crippen LogP contribution in [0.25, 0.3) is 0 Å². The molecule has 1 aromatic carbocycles. The molecule has 10 heteroatoms. The number of aromatic nitrogens is 2. The minimum atomic E-state index is -1.17. The lowest BCUT2D eigenvalue weighted by Crippen LogP contribution is -2.49. The fourth-order valence-corrected chi connectivity index (χ4v) is 3.83. The van der Waals surface area contributed by atoms with Crippen molar-refractivity contribution in [1.82, 2.24) is 25.9 Å². The number of urea groups is 1. The SMILES string of the molecule is CCC1(c2ccccc2)NC(=O)N(NC(=O)CSc2nncs2)C1=O. The number of nitrogens with zero attached hydrogens (tertiary/aromatic N) is 3. The molecule has 1 unspecified atom stereocenters. The molecular weight excluding hydrogens is 362 g/mol. The standard InChI is InChI=1S/C15H15N5O3S2/c1-2-15(10-6-4-3-5-7-10)12(22)20(13(23)17-15)19-11(21)8-24-14-18-16-9-25-14/h3-7,9H,2,8H2,1H3,(H,17,23)(H,19,21). The van der Waals surface area contributed by atoms with Gasteiger partial charge in [-0.2, -0.15) is 5.01 Å². The third-order valence-electron chi connectivity index (χ3n) is 3.79. The highest BCUT2D eigenvalue weighted by molar-refractivity contribution is 8.01. The van der Waals surface area contributed by atoms with Gasteiger partial charge in [0.2, 0.25) is 5.91 Å². The molecule has 1 aliphatic heterocycles. The summed E-state index contributed by atoms with van der Waals surface area (Å²) in [6.07, 6.45) is 0.369. The lowest BCUT2D eigenvalue weighted by molar-refractivity contribution is -0.138. The van der Waals surface area contributed by atoms with Gasteiger partial charge in [0.1, 0.15) is 11.0 Å². The van der Waals surface area contributed by atoms with Crippen LogP contribution in [-0.2, 0) is 15.1 Å². The molecule has 1 aliphatic rings. The van der Waals surface area contributed by atoms with Gasteiger partial charge in [0, 0.05) is 0 Å². The zero-order chi connectivity index (χ0) is 17.9. The van der Waals surface area contributed by atoms with Gasteiger partial charge in [0.05, 0.1) is 5.75 Å². The summed E-state index contributed by atoms with van der Waals surface area (Å²) in [5.74, 6) is -0.944. The van der Waals surface area contributed by atoms with Gasteiger partial charge in [0.15, 0.2) is 4.34 Å². The monoisotopic (exact) mass is 377 g/mol. The number of carbonyl (C=O) groups is 3. The lowest BCUT2D eigenvalue weighted by atomic mass is 9.87. The Morgan fingerprint density at radius 1 is 1.36 bits per heavy atom. The summed E-state index contributed by atoms with van der Waals surface area (Å²) in [7, 11) is 0. The third-order valence-corrected chi connectivity index (χ3v) is 5.65. The summed E-state index contributed by atoms with van der Waals surface area (Å²) in [4.78, 5) is 37.2. The molecule has 8 nitrogen and oxygen atoms in total. The molecule has 0 bridgehead atoms. The molecular formula is C15H15N5O3S2. The van der Waals surface area contributed by atoms with Crippen molar-refractivity contribution >= 4 is 40.9 Å². The lowest BCUT2D eigenvalue weighted by Gasteiger charge is -2.25. The van der Waals surface area contributed by atoms with Gasteiger partial charge in [-0.1, -0.05) is 60.4 Å². The fraction of sp³-hybridized carbons (Fsp3) is 0.267. The zero-order valence-corrected chi connectivity index (χ0v) is 14.9. The van der Waals surface area contributed by atoms with Crippen LogP contribution >= 0.6 is 23.1 Å². The van der Waals surface area contributed by atoms with E-state index in [1.54, 1.807) is 29.8 Å². The summed E-state index contributed by atoms with van der Waals surface area (Å²) in [6.45, 7) is 1.81. The second-order valence-electron chi connectivity index (χ2n) is 5.22. The summed E-state index contributed by atoms with van der Waals surface area (Å²) < 4.78 is 0.638. The van der Waals surface area contributed by atoms with Crippen molar-refractivity contribution in [1.29, 1.82) is 0 Å². The fourth-order valence-electron chi connectivity index (χ4n) is 2.55. The van der Waals surface area contributed by atoms with E-state index in [9.17, 15) is 14.4 Å². The maximum absolute atomic E-state index is 12.8. The van der Waals surface area contributed by atoms with Crippen molar-refractivity contribution in [3.05, 3.63) is 41.4 Å². The van der Waals surface area contributed by atoms with E-state index < -0.39 is 23.4 Å². The molecule has 4 amide bonds. The molecule has 2 heterocycles. The number of benzene rings is 1. The van der Waals surface area contributed by atoms with Crippen molar-refractivity contribution in [2.24, 2.45) is 0 Å². The van der Waals surface area contributed by atoms with Crippen molar-refractivity contribution in [2.75, 3.05) is 5.75 Å². The first kappa shape index (κ1) is 17.4. The van der Waals surface area contributed by atoms with E-state index in [0.29, 0.717) is 16.3 Å². The van der Waals surface area contributed by atoms with Crippen LogP contribution in [-0.4, -0.2) is 38.8 Å². The van der Waals surface area contributed by atoms with E-state index in [-0.39, 0.29) is 5.75 Å². The number of imide groups is 1. The van der Waals surface area contributed by atoms with E-state index in [2.05, 4.69) is 20.9 Å². The van der Waals surface area contributed by atoms with Gasteiger partial charge in [-0.25, -0.2) is 4.79 Å². The van der Waals surface area contributed by atoms with Crippen LogP contribution in [0.3, 0.4) is 0 Å². The predicted molar refractivity (Wildman–Crippen MR) is 92.6 cm³/mol. The Hall–Kier alpha value is -2.46. The number of nitrogens with one attached hydrogen (secondary N) is 2. The zero-order valence-electron chi connectivity index (χ0n) is 13.3. The molecule has 25 heavy (non-hydrogen) atoms. The van der Waals surface area contributed by atoms with Gasteiger partial charge in [-0.3, -0.25) is 15.0 Å². The van der Waals surface area contributed by atoms with Gasteiger partial charge >= 0.3 is 6.03 Å². The van der Waals surface area contributed by atoms with Gasteiger partial charge in [0.25, 0.3) is 5.91 Å². The highest BCUT2D eigenvalue weighted by Gasteiger charge is 2.52. The highest BCUT2D eigenvalue weighted by atomic mass is 32.2. The molecule has 2 aromatic rings. The van der Waals surface area contributed by atoms with Crippen molar-refractivity contribution in [3.8, 4) is 0 Å². The van der Waals surface area contributed by atoms with Crippen LogP contribution in [0.4, 0.5) is 4.79 Å². The molecule has 1 fully saturated rings. The summed E-state index contributed by atoms with van der Waals surface area (Å²) in [5, 5.41) is 10.9. The van der Waals surface area contributed by atoms with E-state index in [4.69, 9.17) is 0 Å². The quantitative estimate of drug-likeness (QED) is 0.584. The van der Waals surface area contributed by atoms with E-state index in [0.717, 1.165) is 5.01 Å². The normalized spacial score (nSPS) is 19.8. The third kappa shape index (κ3) is 3.35. The number of thioether (sulfide) groups is 1. The Morgan fingerprint density at radius 2 is 2.12 bits per heavy atom. The molecule has 1 aromatic heterocycles. The van der Waals surface area contributed by atoms with Crippen LogP contribution in [0.2, 0.25) is 0 Å². The second-order valence-corrected chi connectivity index (χ2v) is 7.28. The van der Waals surface area contributed by atoms with Crippen molar-refractivity contribution < 1.29 is 14.4 Å². The smallest absolute Gasteiger partial charge is 0.318 e. The number of hydrogen-bond donors (Lipinski definition) is 2. The van der Waals surface area contributed by atoms with Gasteiger partial charge in [-0.05, 0) is 12.0 Å². The minimum absolute atomic E-state index is 0.0245. The predicted octanol–water partition coefficient (Wildman–Crippen LogP) is 1.52. The first-order valence-electron chi connectivity index (χ1n) is 7.47. The Morgan fingerprint density at radius 3 is 2.76 bits per heavy atom. The summed E-state index contributed by atoms with van der Waals surface area (Å²) in [6, 6.07) is 8.33. The van der Waals surface area contributed by atoms with Crippen LogP contribution < -0.4 is 10.7 Å². The van der Waals surface area contributed by atoms with Crippen LogP contribution in [0.15, 0.2) is 40.2 Å². The first-order chi connectivity index (χ1) is 12.1. The Balaban J connectivity index is 1.71. The Kier molecular flexibility index (Phi) is 5.00. The molecule has 0 radical (unpaired) electrons. The number of carbonyl (C=O) groups excluding carboxylic acids is 3. The highest BCUT2D eigenvalue weighted by Crippen LogP contribution is 2.31. The summed E-state index contributed by atoms with van der Waals surface area (Å²) in [5.41, 5.74) is 3.44. The molecule has 0 saturated carbocycles. The number of hydrogen-bond acceptors (Lipinski definition) is 7. The molecule has 130 valence electrons. The minimum Gasteiger partial charge on any atom is -0.318 e. The van der Waals surface area contributed by atoms with Gasteiger partial charge < -0.3 is 5.32 Å². The second kappa shape index (κ2) is 7.19. The van der Waals surface area contributed by atoms with Crippen LogP contribution in [0.5, 0.6) is 0 Å². The average Bonchev–Trinajstić information content (AvgIpc) is 3.23. The number of rotatable bonds is 6. The van der Waals surface area contributed by atoms with Gasteiger partial charge in [-0.15, -0.1) is 10.2 Å². The van der Waals surface area contributed by atoms with Crippen LogP contribution in [0, 0.1) is 0 Å². The number of amides is 4. The molecule has 2 N–H and O–H groups in total. The van der Waals surface area contributed by atoms with Crippen molar-refractivity contribution in [2.45, 2.75) is 23.2 Å². The maximum atomic E-state index is 12.8.